The Balaban J connectivity index is 1.36. The number of thiophene rings is 1. The monoisotopic (exact) mass is 444 g/mol. The fraction of sp³-hybridized carbons (Fsp3) is 0.308. The van der Waals surface area contributed by atoms with Crippen LogP contribution in [-0.2, 0) is 13.6 Å². The lowest BCUT2D eigenvalue weighted by molar-refractivity contribution is 0.0879. The van der Waals surface area contributed by atoms with Crippen LogP contribution in [0.25, 0.3) is 10.9 Å². The molecule has 2 atom stereocenters. The number of benzene rings is 1. The van der Waals surface area contributed by atoms with Crippen molar-refractivity contribution in [3.05, 3.63) is 88.5 Å². The van der Waals surface area contributed by atoms with E-state index in [1.807, 2.05) is 41.9 Å². The van der Waals surface area contributed by atoms with Gasteiger partial charge in [-0.3, -0.25) is 14.7 Å². The summed E-state index contributed by atoms with van der Waals surface area (Å²) in [7, 11) is 2.11. The van der Waals surface area contributed by atoms with E-state index >= 15 is 0 Å². The molecule has 1 aliphatic heterocycles. The number of aromatic nitrogens is 2. The van der Waals surface area contributed by atoms with E-state index in [1.54, 1.807) is 0 Å². The number of hydrogen-bond donors (Lipinski definition) is 1. The van der Waals surface area contributed by atoms with Crippen LogP contribution in [-0.4, -0.2) is 33.4 Å². The molecule has 1 N–H and O–H groups in total. The third-order valence-electron chi connectivity index (χ3n) is 6.42. The minimum Gasteiger partial charge on any atom is -0.350 e. The van der Waals surface area contributed by atoms with Crippen LogP contribution in [0.4, 0.5) is 0 Å². The molecule has 1 aliphatic rings. The summed E-state index contributed by atoms with van der Waals surface area (Å²) in [6.07, 6.45) is 6.27. The molecule has 1 fully saturated rings. The van der Waals surface area contributed by atoms with Crippen molar-refractivity contribution in [3.8, 4) is 0 Å². The van der Waals surface area contributed by atoms with Gasteiger partial charge in [-0.05, 0) is 60.5 Å². The number of aryl methyl sites for hydroxylation is 1. The van der Waals surface area contributed by atoms with Gasteiger partial charge in [0.15, 0.2) is 0 Å². The number of carbonyl (C=O) groups is 1. The molecule has 1 saturated heterocycles. The van der Waals surface area contributed by atoms with Crippen molar-refractivity contribution >= 4 is 28.1 Å². The van der Waals surface area contributed by atoms with Gasteiger partial charge in [0, 0.05) is 43.4 Å². The number of nitrogens with zero attached hydrogens (tertiary/aromatic N) is 3. The lowest BCUT2D eigenvalue weighted by atomic mass is 9.88. The average molecular weight is 445 g/mol. The Hall–Kier alpha value is -2.96. The van der Waals surface area contributed by atoms with Crippen LogP contribution < -0.4 is 5.32 Å². The highest BCUT2D eigenvalue weighted by Crippen LogP contribution is 2.31. The zero-order chi connectivity index (χ0) is 21.9. The van der Waals surface area contributed by atoms with Crippen molar-refractivity contribution in [1.29, 1.82) is 0 Å². The zero-order valence-electron chi connectivity index (χ0n) is 18.3. The summed E-state index contributed by atoms with van der Waals surface area (Å²) in [5.41, 5.74) is 3.57. The molecule has 1 amide bonds. The number of pyridine rings is 1. The highest BCUT2D eigenvalue weighted by molar-refractivity contribution is 7.12. The van der Waals surface area contributed by atoms with Crippen molar-refractivity contribution < 1.29 is 4.79 Å². The number of likely N-dealkylation sites (tertiary alicyclic amines) is 1. The molecule has 164 valence electrons. The van der Waals surface area contributed by atoms with Crippen LogP contribution >= 0.6 is 11.3 Å². The molecule has 4 aromatic rings. The number of carbonyl (C=O) groups excluding carboxylic acids is 1. The first-order chi connectivity index (χ1) is 15.7. The second-order valence-corrected chi connectivity index (χ2v) is 9.55. The van der Waals surface area contributed by atoms with E-state index in [-0.39, 0.29) is 11.9 Å². The Morgan fingerprint density at radius 3 is 2.88 bits per heavy atom. The number of rotatable bonds is 6. The maximum atomic E-state index is 12.9. The Kier molecular flexibility index (Phi) is 6.06. The molecule has 0 bridgehead atoms. The van der Waals surface area contributed by atoms with Gasteiger partial charge in [0.1, 0.15) is 0 Å². The first-order valence-corrected chi connectivity index (χ1v) is 12.1. The second kappa shape index (κ2) is 9.27. The van der Waals surface area contributed by atoms with E-state index in [0.29, 0.717) is 5.92 Å². The van der Waals surface area contributed by atoms with E-state index in [4.69, 9.17) is 0 Å². The summed E-state index contributed by atoms with van der Waals surface area (Å²) in [5, 5.41) is 6.57. The van der Waals surface area contributed by atoms with E-state index in [9.17, 15) is 4.79 Å². The molecule has 0 aliphatic carbocycles. The van der Waals surface area contributed by atoms with Crippen LogP contribution in [0, 0.1) is 5.92 Å². The molecule has 3 aromatic heterocycles. The van der Waals surface area contributed by atoms with Crippen LogP contribution in [0.3, 0.4) is 0 Å². The van der Waals surface area contributed by atoms with Gasteiger partial charge in [0.05, 0.1) is 16.6 Å². The highest BCUT2D eigenvalue weighted by atomic mass is 32.1. The molecule has 4 heterocycles. The molecular formula is C26H28N4OS. The molecule has 5 nitrogen and oxygen atoms in total. The standard InChI is InChI=1S/C26H28N4OS/c1-29-16-20(21-9-2-3-11-23(21)29)18-30-14-6-8-19(17-30)25(22-10-4-5-13-27-22)28-26(31)24-12-7-15-32-24/h2-5,7,9-13,15-16,19,25H,6,8,14,17-18H2,1H3,(H,28,31)/t19-,25-/m1/s1. The van der Waals surface area contributed by atoms with Crippen molar-refractivity contribution in [2.45, 2.75) is 25.4 Å². The first-order valence-electron chi connectivity index (χ1n) is 11.2. The summed E-state index contributed by atoms with van der Waals surface area (Å²) in [6, 6.07) is 18.3. The fourth-order valence-corrected chi connectivity index (χ4v) is 5.54. The summed E-state index contributed by atoms with van der Waals surface area (Å²) >= 11 is 1.48. The molecular weight excluding hydrogens is 416 g/mol. The normalized spacial score (nSPS) is 18.0. The zero-order valence-corrected chi connectivity index (χ0v) is 19.1. The molecule has 1 aromatic carbocycles. The third kappa shape index (κ3) is 4.33. The van der Waals surface area contributed by atoms with Crippen molar-refractivity contribution in [2.75, 3.05) is 13.1 Å². The van der Waals surface area contributed by atoms with Crippen LogP contribution in [0.2, 0.25) is 0 Å². The lowest BCUT2D eigenvalue weighted by Gasteiger charge is -2.37. The van der Waals surface area contributed by atoms with Gasteiger partial charge in [-0.2, -0.15) is 0 Å². The average Bonchev–Trinajstić information content (AvgIpc) is 3.47. The van der Waals surface area contributed by atoms with E-state index < -0.39 is 0 Å². The van der Waals surface area contributed by atoms with E-state index in [0.717, 1.165) is 43.0 Å². The molecule has 0 spiro atoms. The molecule has 5 rings (SSSR count). The Morgan fingerprint density at radius 1 is 1.19 bits per heavy atom. The van der Waals surface area contributed by atoms with E-state index in [1.165, 1.54) is 27.8 Å². The Labute approximate surface area is 192 Å². The minimum atomic E-state index is -0.0962. The number of piperidine rings is 1. The quantitative estimate of drug-likeness (QED) is 0.454. The number of fused-ring (bicyclic) bond motifs is 1. The van der Waals surface area contributed by atoms with Gasteiger partial charge >= 0.3 is 0 Å². The molecule has 6 heteroatoms. The van der Waals surface area contributed by atoms with Crippen LogP contribution in [0.5, 0.6) is 0 Å². The summed E-state index contributed by atoms with van der Waals surface area (Å²) in [5.74, 6) is 0.305. The molecule has 0 unspecified atom stereocenters. The molecule has 0 radical (unpaired) electrons. The SMILES string of the molecule is Cn1cc(CN2CCC[C@@H]([C@@H](NC(=O)c3cccs3)c3ccccn3)C2)c2ccccc21. The number of hydrogen-bond acceptors (Lipinski definition) is 4. The van der Waals surface area contributed by atoms with Crippen molar-refractivity contribution in [3.63, 3.8) is 0 Å². The number of amides is 1. The molecule has 32 heavy (non-hydrogen) atoms. The predicted octanol–water partition coefficient (Wildman–Crippen LogP) is 5.02. The van der Waals surface area contributed by atoms with Gasteiger partial charge < -0.3 is 9.88 Å². The number of nitrogens with one attached hydrogen (secondary N) is 1. The Bertz CT molecular complexity index is 1190. The van der Waals surface area contributed by atoms with Crippen LogP contribution in [0.1, 0.15) is 39.8 Å². The highest BCUT2D eigenvalue weighted by Gasteiger charge is 2.31. The van der Waals surface area contributed by atoms with Gasteiger partial charge in [-0.15, -0.1) is 11.3 Å². The predicted molar refractivity (Wildman–Crippen MR) is 130 cm³/mol. The Morgan fingerprint density at radius 2 is 2.06 bits per heavy atom. The summed E-state index contributed by atoms with van der Waals surface area (Å²) in [4.78, 5) is 20.8. The van der Waals surface area contributed by atoms with Crippen molar-refractivity contribution in [1.82, 2.24) is 19.8 Å². The third-order valence-corrected chi connectivity index (χ3v) is 7.29. The number of para-hydroxylation sites is 1. The lowest BCUT2D eigenvalue weighted by Crippen LogP contribution is -2.42. The van der Waals surface area contributed by atoms with E-state index in [2.05, 4.69) is 57.3 Å². The first kappa shape index (κ1) is 20.9. The fourth-order valence-electron chi connectivity index (χ4n) is 4.91. The molecule has 0 saturated carbocycles. The van der Waals surface area contributed by atoms with Gasteiger partial charge in [0.25, 0.3) is 5.91 Å². The minimum absolute atomic E-state index is 0.0122. The van der Waals surface area contributed by atoms with Gasteiger partial charge in [-0.25, -0.2) is 0 Å². The van der Waals surface area contributed by atoms with Crippen molar-refractivity contribution in [2.24, 2.45) is 13.0 Å². The smallest absolute Gasteiger partial charge is 0.261 e. The second-order valence-electron chi connectivity index (χ2n) is 8.60. The summed E-state index contributed by atoms with van der Waals surface area (Å²) < 4.78 is 2.21. The van der Waals surface area contributed by atoms with Crippen LogP contribution in [0.15, 0.2) is 72.4 Å². The maximum absolute atomic E-state index is 12.9. The topological polar surface area (TPSA) is 50.2 Å². The maximum Gasteiger partial charge on any atom is 0.261 e. The van der Waals surface area contributed by atoms with Gasteiger partial charge in [0.2, 0.25) is 0 Å². The largest absolute Gasteiger partial charge is 0.350 e. The summed E-state index contributed by atoms with van der Waals surface area (Å²) in [6.45, 7) is 2.94. The van der Waals surface area contributed by atoms with Gasteiger partial charge in [-0.1, -0.05) is 30.3 Å².